The standard InChI is InChI=1S/C44H19F12N7/c45-41(46,47)27-4-6-29(34(14-27)43(51,52)53)24-1-8-36-31(11-24)32-12-25(30-7-5-28(42(48,49)50)15-35(30)44(54,55)56)2-9-37(32)63(36)38-10-3-26(39-59-18-22(16-57)19-60-39)13-33(38)40-61-20-23(17-58)21-62-40/h1-15,18-21H. The van der Waals surface area contributed by atoms with Gasteiger partial charge in [0, 0.05) is 46.7 Å². The monoisotopic (exact) mass is 873 g/mol. The molecule has 19 heteroatoms. The second kappa shape index (κ2) is 15.0. The Morgan fingerprint density at radius 2 is 0.825 bits per heavy atom. The zero-order valence-electron chi connectivity index (χ0n) is 31.1. The highest BCUT2D eigenvalue weighted by Crippen LogP contribution is 2.46. The van der Waals surface area contributed by atoms with Crippen molar-refractivity contribution < 1.29 is 52.7 Å². The van der Waals surface area contributed by atoms with Crippen LogP contribution in [0.1, 0.15) is 33.4 Å². The Bertz CT molecular complexity index is 3050. The van der Waals surface area contributed by atoms with Crippen molar-refractivity contribution in [1.29, 1.82) is 10.5 Å². The van der Waals surface area contributed by atoms with Crippen LogP contribution in [0.2, 0.25) is 0 Å². The number of nitrogens with zero attached hydrogens (tertiary/aromatic N) is 7. The predicted molar refractivity (Wildman–Crippen MR) is 203 cm³/mol. The lowest BCUT2D eigenvalue weighted by Crippen LogP contribution is -2.12. The van der Waals surface area contributed by atoms with Gasteiger partial charge in [0.2, 0.25) is 0 Å². The summed E-state index contributed by atoms with van der Waals surface area (Å²) in [6.07, 6.45) is -15.8. The first-order chi connectivity index (χ1) is 29.6. The first kappa shape index (κ1) is 41.9. The van der Waals surface area contributed by atoms with Crippen molar-refractivity contribution in [3.63, 3.8) is 0 Å². The molecule has 63 heavy (non-hydrogen) atoms. The van der Waals surface area contributed by atoms with E-state index in [4.69, 9.17) is 0 Å². The molecule has 5 aromatic carbocycles. The molecule has 0 aliphatic rings. The molecule has 0 saturated carbocycles. The topological polar surface area (TPSA) is 104 Å². The van der Waals surface area contributed by atoms with Gasteiger partial charge >= 0.3 is 24.7 Å². The SMILES string of the molecule is N#Cc1cnc(-c2ccc(-n3c4ccc(-c5ccc(C(F)(F)F)cc5C(F)(F)F)cc4c4cc(-c5ccc(C(F)(F)F)cc5C(F)(F)F)ccc43)c(-c3ncc(C#N)cn3)c2)nc1. The summed E-state index contributed by atoms with van der Waals surface area (Å²) >= 11 is 0. The highest BCUT2D eigenvalue weighted by molar-refractivity contribution is 6.12. The van der Waals surface area contributed by atoms with Crippen molar-refractivity contribution in [2.24, 2.45) is 0 Å². The van der Waals surface area contributed by atoms with E-state index in [-0.39, 0.29) is 79.1 Å². The molecule has 8 aromatic rings. The van der Waals surface area contributed by atoms with E-state index in [0.717, 1.165) is 0 Å². The van der Waals surface area contributed by atoms with Crippen molar-refractivity contribution in [2.75, 3.05) is 0 Å². The average Bonchev–Trinajstić information content (AvgIpc) is 3.57. The molecule has 314 valence electrons. The van der Waals surface area contributed by atoms with Crippen LogP contribution in [0.25, 0.3) is 72.5 Å². The lowest BCUT2D eigenvalue weighted by atomic mass is 9.94. The smallest absolute Gasteiger partial charge is 0.308 e. The maximum atomic E-state index is 14.4. The Kier molecular flexibility index (Phi) is 9.97. The van der Waals surface area contributed by atoms with Crippen LogP contribution < -0.4 is 0 Å². The minimum atomic E-state index is -5.28. The molecular weight excluding hydrogens is 855 g/mol. The zero-order valence-corrected chi connectivity index (χ0v) is 31.1. The fourth-order valence-electron chi connectivity index (χ4n) is 7.14. The Balaban J connectivity index is 1.44. The van der Waals surface area contributed by atoms with Crippen molar-refractivity contribution >= 4 is 21.8 Å². The van der Waals surface area contributed by atoms with Gasteiger partial charge in [0.05, 0.1) is 50.1 Å². The molecule has 0 saturated heterocycles. The third kappa shape index (κ3) is 7.85. The molecule has 0 amide bonds. The van der Waals surface area contributed by atoms with Crippen molar-refractivity contribution in [3.05, 3.63) is 149 Å². The summed E-state index contributed by atoms with van der Waals surface area (Å²) in [5.74, 6) is 0.183. The third-order valence-corrected chi connectivity index (χ3v) is 9.99. The molecule has 0 aliphatic heterocycles. The number of hydrogen-bond donors (Lipinski definition) is 0. The summed E-state index contributed by atoms with van der Waals surface area (Å²) in [5, 5.41) is 18.8. The Hall–Kier alpha value is -7.80. The number of benzene rings is 5. The molecule has 0 fully saturated rings. The Morgan fingerprint density at radius 3 is 1.22 bits per heavy atom. The lowest BCUT2D eigenvalue weighted by molar-refractivity contribution is -0.144. The Labute approximate surface area is 345 Å². The van der Waals surface area contributed by atoms with Crippen LogP contribution in [0.4, 0.5) is 52.7 Å². The van der Waals surface area contributed by atoms with Gasteiger partial charge in [0.25, 0.3) is 0 Å². The minimum absolute atomic E-state index is 0.0295. The quantitative estimate of drug-likeness (QED) is 0.160. The second-order valence-corrected chi connectivity index (χ2v) is 13.9. The lowest BCUT2D eigenvalue weighted by Gasteiger charge is -2.17. The van der Waals surface area contributed by atoms with Gasteiger partial charge in [0.15, 0.2) is 11.6 Å². The van der Waals surface area contributed by atoms with E-state index < -0.39 is 58.1 Å². The number of aromatic nitrogens is 5. The van der Waals surface area contributed by atoms with Gasteiger partial charge in [-0.25, -0.2) is 19.9 Å². The molecular formula is C44H19F12N7. The van der Waals surface area contributed by atoms with Crippen LogP contribution in [0.5, 0.6) is 0 Å². The van der Waals surface area contributed by atoms with Crippen LogP contribution in [-0.2, 0) is 24.7 Å². The van der Waals surface area contributed by atoms with Gasteiger partial charge in [-0.1, -0.05) is 24.3 Å². The van der Waals surface area contributed by atoms with Gasteiger partial charge in [-0.15, -0.1) is 0 Å². The molecule has 0 N–H and O–H groups in total. The summed E-state index contributed by atoms with van der Waals surface area (Å²) in [6.45, 7) is 0. The molecule has 0 radical (unpaired) electrons. The van der Waals surface area contributed by atoms with E-state index in [1.165, 1.54) is 61.2 Å². The number of alkyl halides is 12. The third-order valence-electron chi connectivity index (χ3n) is 9.99. The summed E-state index contributed by atoms with van der Waals surface area (Å²) < 4.78 is 170. The van der Waals surface area contributed by atoms with E-state index in [1.807, 2.05) is 12.1 Å². The largest absolute Gasteiger partial charge is 0.417 e. The van der Waals surface area contributed by atoms with Crippen molar-refractivity contribution in [2.45, 2.75) is 24.7 Å². The summed E-state index contributed by atoms with van der Waals surface area (Å²) in [6, 6.07) is 18.2. The molecule has 3 heterocycles. The highest BCUT2D eigenvalue weighted by Gasteiger charge is 2.40. The molecule has 0 spiro atoms. The van der Waals surface area contributed by atoms with Gasteiger partial charge in [0.1, 0.15) is 12.1 Å². The van der Waals surface area contributed by atoms with Crippen molar-refractivity contribution in [1.82, 2.24) is 24.5 Å². The summed E-state index contributed by atoms with van der Waals surface area (Å²) in [5.41, 5.74) is -6.64. The van der Waals surface area contributed by atoms with Crippen LogP contribution in [0.3, 0.4) is 0 Å². The fourth-order valence-corrected chi connectivity index (χ4v) is 7.14. The van der Waals surface area contributed by atoms with E-state index in [9.17, 15) is 63.2 Å². The Morgan fingerprint density at radius 1 is 0.413 bits per heavy atom. The van der Waals surface area contributed by atoms with Gasteiger partial charge in [-0.3, -0.25) is 0 Å². The molecule has 0 aliphatic carbocycles. The highest BCUT2D eigenvalue weighted by atomic mass is 19.4. The average molecular weight is 874 g/mol. The van der Waals surface area contributed by atoms with E-state index >= 15 is 0 Å². The number of halogens is 12. The predicted octanol–water partition coefficient (Wildman–Crippen LogP) is 12.9. The van der Waals surface area contributed by atoms with Crippen LogP contribution >= 0.6 is 0 Å². The molecule has 3 aromatic heterocycles. The molecule has 0 unspecified atom stereocenters. The van der Waals surface area contributed by atoms with Gasteiger partial charge in [-0.05, 0) is 89.0 Å². The van der Waals surface area contributed by atoms with Crippen LogP contribution in [-0.4, -0.2) is 24.5 Å². The van der Waals surface area contributed by atoms with Crippen LogP contribution in [0.15, 0.2) is 116 Å². The van der Waals surface area contributed by atoms with Crippen LogP contribution in [0, 0.1) is 22.7 Å². The van der Waals surface area contributed by atoms with Gasteiger partial charge < -0.3 is 4.57 Å². The maximum absolute atomic E-state index is 14.4. The van der Waals surface area contributed by atoms with E-state index in [2.05, 4.69) is 19.9 Å². The van der Waals surface area contributed by atoms with Crippen molar-refractivity contribution in [3.8, 4) is 62.9 Å². The van der Waals surface area contributed by atoms with E-state index in [0.29, 0.717) is 29.8 Å². The zero-order chi connectivity index (χ0) is 45.2. The maximum Gasteiger partial charge on any atom is 0.417 e. The summed E-state index contributed by atoms with van der Waals surface area (Å²) in [4.78, 5) is 17.1. The fraction of sp³-hybridized carbons (Fsp3) is 0.0909. The first-order valence-corrected chi connectivity index (χ1v) is 17.9. The molecule has 8 rings (SSSR count). The number of nitriles is 2. The molecule has 7 nitrogen and oxygen atoms in total. The first-order valence-electron chi connectivity index (χ1n) is 17.9. The second-order valence-electron chi connectivity index (χ2n) is 13.9. The number of fused-ring (bicyclic) bond motifs is 3. The number of hydrogen-bond acceptors (Lipinski definition) is 6. The number of rotatable bonds is 5. The normalized spacial score (nSPS) is 12.4. The molecule has 0 bridgehead atoms. The van der Waals surface area contributed by atoms with E-state index in [1.54, 1.807) is 22.8 Å². The minimum Gasteiger partial charge on any atom is -0.308 e. The summed E-state index contributed by atoms with van der Waals surface area (Å²) in [7, 11) is 0. The molecule has 0 atom stereocenters. The van der Waals surface area contributed by atoms with Gasteiger partial charge in [-0.2, -0.15) is 63.2 Å².